The van der Waals surface area contributed by atoms with Crippen LogP contribution in [0.1, 0.15) is 49.1 Å². The quantitative estimate of drug-likeness (QED) is 0.416. The van der Waals surface area contributed by atoms with Crippen LogP contribution >= 0.6 is 0 Å². The summed E-state index contributed by atoms with van der Waals surface area (Å²) in [5.74, 6) is -4.35. The molecule has 6 heteroatoms. The van der Waals surface area contributed by atoms with Crippen LogP contribution in [0.15, 0.2) is 66.7 Å². The van der Waals surface area contributed by atoms with Gasteiger partial charge in [-0.25, -0.2) is 4.90 Å². The molecule has 3 aromatic carbocycles. The third-order valence-electron chi connectivity index (χ3n) is 7.51. The second kappa shape index (κ2) is 7.30. The van der Waals surface area contributed by atoms with E-state index in [1.165, 1.54) is 4.90 Å². The number of ketones is 2. The predicted octanol–water partition coefficient (Wildman–Crippen LogP) is 4.31. The summed E-state index contributed by atoms with van der Waals surface area (Å²) in [4.78, 5) is 56.9. The normalized spacial score (nSPS) is 24.4. The topological polar surface area (TPSA) is 80.8 Å². The summed E-state index contributed by atoms with van der Waals surface area (Å²) in [7, 11) is 0. The smallest absolute Gasteiger partial charge is 0.241 e. The molecule has 0 unspecified atom stereocenters. The molecule has 1 aliphatic carbocycles. The van der Waals surface area contributed by atoms with Crippen LogP contribution in [-0.2, 0) is 14.3 Å². The van der Waals surface area contributed by atoms with Gasteiger partial charge >= 0.3 is 0 Å². The van der Waals surface area contributed by atoms with Crippen molar-refractivity contribution in [2.75, 3.05) is 4.90 Å². The van der Waals surface area contributed by atoms with Crippen LogP contribution < -0.4 is 4.90 Å². The molecule has 35 heavy (non-hydrogen) atoms. The number of ether oxygens (including phenoxy) is 1. The molecule has 3 aromatic rings. The van der Waals surface area contributed by atoms with Crippen molar-refractivity contribution in [2.24, 2.45) is 11.8 Å². The monoisotopic (exact) mass is 465 g/mol. The van der Waals surface area contributed by atoms with E-state index in [1.807, 2.05) is 39.0 Å². The van der Waals surface area contributed by atoms with Gasteiger partial charge in [0.1, 0.15) is 0 Å². The predicted molar refractivity (Wildman–Crippen MR) is 128 cm³/mol. The van der Waals surface area contributed by atoms with E-state index in [4.69, 9.17) is 4.74 Å². The fourth-order valence-corrected chi connectivity index (χ4v) is 6.21. The fraction of sp³-hybridized carbons (Fsp3) is 0.241. The molecular formula is C29H23NO5. The van der Waals surface area contributed by atoms with Crippen molar-refractivity contribution in [1.82, 2.24) is 0 Å². The van der Waals surface area contributed by atoms with Crippen molar-refractivity contribution in [3.63, 3.8) is 0 Å². The van der Waals surface area contributed by atoms with Crippen molar-refractivity contribution < 1.29 is 23.9 Å². The van der Waals surface area contributed by atoms with Crippen LogP contribution in [0, 0.1) is 32.6 Å². The SMILES string of the molecule is Cc1cc(C)c(N2C(=O)[C@@H]3[C@@H](c4ccccc4)OC4(C(=O)c5ccccc5C4=O)[C@@H]3C2=O)c(C)c1. The highest BCUT2D eigenvalue weighted by atomic mass is 16.5. The lowest BCUT2D eigenvalue weighted by Gasteiger charge is -2.28. The summed E-state index contributed by atoms with van der Waals surface area (Å²) in [6.45, 7) is 5.66. The zero-order valence-electron chi connectivity index (χ0n) is 19.6. The standard InChI is InChI=1S/C29H23NO5/c1-15-13-16(2)23(17(3)14-15)30-27(33)21-22(28(30)34)29(35-24(21)18-9-5-4-6-10-18)25(31)19-11-7-8-12-20(19)26(29)32/h4-14,21-22,24H,1-3H3/t21-,22-,24+/m0/s1. The van der Waals surface area contributed by atoms with Crippen LogP contribution in [-0.4, -0.2) is 29.0 Å². The van der Waals surface area contributed by atoms with E-state index in [-0.39, 0.29) is 11.1 Å². The van der Waals surface area contributed by atoms with Crippen LogP contribution in [0.4, 0.5) is 5.69 Å². The number of fused-ring (bicyclic) bond motifs is 3. The van der Waals surface area contributed by atoms with Gasteiger partial charge in [-0.3, -0.25) is 19.2 Å². The number of carbonyl (C=O) groups is 4. The number of anilines is 1. The second-order valence-corrected chi connectivity index (χ2v) is 9.65. The van der Waals surface area contributed by atoms with E-state index in [9.17, 15) is 19.2 Å². The Bertz CT molecular complexity index is 1400. The number of aryl methyl sites for hydroxylation is 3. The van der Waals surface area contributed by atoms with Gasteiger partial charge in [0.05, 0.1) is 23.6 Å². The minimum atomic E-state index is -2.05. The number of hydrogen-bond acceptors (Lipinski definition) is 5. The number of hydrogen-bond donors (Lipinski definition) is 0. The number of imide groups is 1. The summed E-state index contributed by atoms with van der Waals surface area (Å²) >= 11 is 0. The Kier molecular flexibility index (Phi) is 4.51. The van der Waals surface area contributed by atoms with Crippen molar-refractivity contribution >= 4 is 29.1 Å². The molecule has 174 valence electrons. The van der Waals surface area contributed by atoms with Gasteiger partial charge in [0.2, 0.25) is 29.0 Å². The van der Waals surface area contributed by atoms with Gasteiger partial charge in [-0.1, -0.05) is 72.3 Å². The summed E-state index contributed by atoms with van der Waals surface area (Å²) < 4.78 is 6.31. The zero-order valence-corrected chi connectivity index (χ0v) is 19.6. The molecule has 2 fully saturated rings. The van der Waals surface area contributed by atoms with E-state index < -0.39 is 46.9 Å². The Hall–Kier alpha value is -3.90. The number of nitrogens with zero attached hydrogens (tertiary/aromatic N) is 1. The zero-order chi connectivity index (χ0) is 24.6. The van der Waals surface area contributed by atoms with Gasteiger partial charge in [0.15, 0.2) is 0 Å². The molecule has 0 saturated carbocycles. The molecule has 2 aliphatic heterocycles. The van der Waals surface area contributed by atoms with Crippen molar-refractivity contribution in [2.45, 2.75) is 32.5 Å². The maximum atomic E-state index is 14.1. The van der Waals surface area contributed by atoms with Crippen molar-refractivity contribution in [3.05, 3.63) is 100 Å². The summed E-state index contributed by atoms with van der Waals surface area (Å²) in [5.41, 5.74) is 2.14. The van der Waals surface area contributed by atoms with Gasteiger partial charge in [0.25, 0.3) is 0 Å². The van der Waals surface area contributed by atoms with E-state index in [2.05, 4.69) is 0 Å². The molecule has 2 amide bonds. The van der Waals surface area contributed by atoms with Crippen molar-refractivity contribution in [1.29, 1.82) is 0 Å². The largest absolute Gasteiger partial charge is 0.349 e. The average molecular weight is 466 g/mol. The lowest BCUT2D eigenvalue weighted by atomic mass is 9.77. The number of Topliss-reactive ketones (excluding diaryl/α,β-unsaturated/α-hetero) is 2. The lowest BCUT2D eigenvalue weighted by molar-refractivity contribution is -0.127. The third kappa shape index (κ3) is 2.68. The van der Waals surface area contributed by atoms with Gasteiger partial charge in [-0.15, -0.1) is 0 Å². The Morgan fingerprint density at radius 2 is 1.29 bits per heavy atom. The second-order valence-electron chi connectivity index (χ2n) is 9.65. The Morgan fingerprint density at radius 3 is 1.86 bits per heavy atom. The minimum absolute atomic E-state index is 0.228. The molecule has 2 saturated heterocycles. The number of benzene rings is 3. The van der Waals surface area contributed by atoms with E-state index in [0.717, 1.165) is 16.7 Å². The number of rotatable bonds is 2. The Labute approximate surface area is 202 Å². The van der Waals surface area contributed by atoms with Crippen LogP contribution in [0.5, 0.6) is 0 Å². The highest BCUT2D eigenvalue weighted by Crippen LogP contribution is 2.58. The first-order chi connectivity index (χ1) is 16.8. The molecule has 2 heterocycles. The first kappa shape index (κ1) is 21.6. The Balaban J connectivity index is 1.57. The molecule has 3 aliphatic rings. The van der Waals surface area contributed by atoms with E-state index in [1.54, 1.807) is 48.5 Å². The van der Waals surface area contributed by atoms with Crippen LogP contribution in [0.2, 0.25) is 0 Å². The van der Waals surface area contributed by atoms with E-state index >= 15 is 0 Å². The number of carbonyl (C=O) groups excluding carboxylic acids is 4. The average Bonchev–Trinajstić information content (AvgIpc) is 3.40. The maximum Gasteiger partial charge on any atom is 0.241 e. The first-order valence-electron chi connectivity index (χ1n) is 11.6. The molecule has 0 N–H and O–H groups in total. The highest BCUT2D eigenvalue weighted by molar-refractivity contribution is 6.37. The molecule has 3 atom stereocenters. The van der Waals surface area contributed by atoms with Gasteiger partial charge in [0, 0.05) is 11.1 Å². The van der Waals surface area contributed by atoms with Crippen molar-refractivity contribution in [3.8, 4) is 0 Å². The summed E-state index contributed by atoms with van der Waals surface area (Å²) in [5, 5.41) is 0. The van der Waals surface area contributed by atoms with Gasteiger partial charge in [-0.05, 0) is 37.5 Å². The first-order valence-corrected chi connectivity index (χ1v) is 11.6. The third-order valence-corrected chi connectivity index (χ3v) is 7.51. The molecule has 6 rings (SSSR count). The molecule has 0 bridgehead atoms. The fourth-order valence-electron chi connectivity index (χ4n) is 6.21. The maximum absolute atomic E-state index is 14.1. The summed E-state index contributed by atoms with van der Waals surface area (Å²) in [6.07, 6.45) is -0.907. The lowest BCUT2D eigenvalue weighted by Crippen LogP contribution is -2.51. The van der Waals surface area contributed by atoms with Crippen LogP contribution in [0.3, 0.4) is 0 Å². The molecule has 6 nitrogen and oxygen atoms in total. The van der Waals surface area contributed by atoms with Crippen LogP contribution in [0.25, 0.3) is 0 Å². The van der Waals surface area contributed by atoms with Gasteiger partial charge in [-0.2, -0.15) is 0 Å². The number of amides is 2. The van der Waals surface area contributed by atoms with E-state index in [0.29, 0.717) is 11.3 Å². The molecular weight excluding hydrogens is 442 g/mol. The molecule has 1 spiro atoms. The summed E-state index contributed by atoms with van der Waals surface area (Å²) in [6, 6.07) is 19.4. The Morgan fingerprint density at radius 1 is 0.743 bits per heavy atom. The molecule has 0 aromatic heterocycles. The highest BCUT2D eigenvalue weighted by Gasteiger charge is 2.74. The minimum Gasteiger partial charge on any atom is -0.349 e. The molecule has 0 radical (unpaired) electrons. The van der Waals surface area contributed by atoms with Gasteiger partial charge < -0.3 is 4.74 Å².